The molecular weight excluding hydrogens is 330 g/mol. The summed E-state index contributed by atoms with van der Waals surface area (Å²) in [5.74, 6) is 0.784. The minimum absolute atomic E-state index is 0.222. The van der Waals surface area contributed by atoms with E-state index in [9.17, 15) is 0 Å². The molecule has 1 aliphatic heterocycles. The van der Waals surface area contributed by atoms with Crippen LogP contribution in [0.15, 0.2) is 24.7 Å². The number of hydrogen-bond acceptors (Lipinski definition) is 7. The van der Waals surface area contributed by atoms with Crippen LogP contribution in [0.25, 0.3) is 22.3 Å². The first kappa shape index (κ1) is 16.9. The molecule has 3 N–H and O–H groups in total. The Morgan fingerprint density at radius 1 is 1.27 bits per heavy atom. The number of aromatic nitrogens is 5. The van der Waals surface area contributed by atoms with Gasteiger partial charge in [0.25, 0.3) is 0 Å². The van der Waals surface area contributed by atoms with E-state index in [0.29, 0.717) is 11.7 Å². The second-order valence-electron chi connectivity index (χ2n) is 6.72. The van der Waals surface area contributed by atoms with Crippen LogP contribution < -0.4 is 5.32 Å². The number of aliphatic hydroxyl groups excluding tert-OH is 1. The molecule has 0 unspecified atom stereocenters. The topological polar surface area (TPSA) is 103 Å². The lowest BCUT2D eigenvalue weighted by Crippen LogP contribution is -2.40. The standard InChI is InChI=1S/C18H23N7O/c1-12-15-8-13(9-20-18(15)24-23-12)16-10-19-11-17(22-16)21-14-2-4-25(5-3-14)6-7-26/h8-11,14,26H,2-7H2,1H3,(H,21,22)(H,20,23,24). The van der Waals surface area contributed by atoms with Crippen molar-refractivity contribution in [1.29, 1.82) is 0 Å². The highest BCUT2D eigenvalue weighted by atomic mass is 16.3. The van der Waals surface area contributed by atoms with E-state index in [1.54, 1.807) is 18.6 Å². The highest BCUT2D eigenvalue weighted by molar-refractivity contribution is 5.82. The molecule has 26 heavy (non-hydrogen) atoms. The van der Waals surface area contributed by atoms with Crippen molar-refractivity contribution in [3.05, 3.63) is 30.4 Å². The second kappa shape index (κ2) is 7.35. The van der Waals surface area contributed by atoms with Gasteiger partial charge in [0.1, 0.15) is 5.82 Å². The Bertz CT molecular complexity index is 886. The van der Waals surface area contributed by atoms with Gasteiger partial charge in [0, 0.05) is 48.5 Å². The van der Waals surface area contributed by atoms with Gasteiger partial charge in [0.15, 0.2) is 5.65 Å². The van der Waals surface area contributed by atoms with Crippen LogP contribution in [0.4, 0.5) is 5.82 Å². The van der Waals surface area contributed by atoms with Gasteiger partial charge in [-0.15, -0.1) is 0 Å². The number of nitrogens with one attached hydrogen (secondary N) is 2. The molecule has 3 aromatic rings. The number of anilines is 1. The Kier molecular flexibility index (Phi) is 4.77. The van der Waals surface area contributed by atoms with Crippen LogP contribution in [0.5, 0.6) is 0 Å². The average molecular weight is 353 g/mol. The molecule has 0 aliphatic carbocycles. The number of fused-ring (bicyclic) bond motifs is 1. The number of pyridine rings is 1. The SMILES string of the molecule is Cc1[nH]nc2ncc(-c3cncc(NC4CCN(CCO)CC4)n3)cc12. The van der Waals surface area contributed by atoms with Crippen molar-refractivity contribution in [2.45, 2.75) is 25.8 Å². The molecular formula is C18H23N7O. The Morgan fingerprint density at radius 3 is 2.92 bits per heavy atom. The predicted octanol–water partition coefficient (Wildman–Crippen LogP) is 1.59. The second-order valence-corrected chi connectivity index (χ2v) is 6.72. The van der Waals surface area contributed by atoms with Crippen LogP contribution in [-0.4, -0.2) is 67.4 Å². The third-order valence-corrected chi connectivity index (χ3v) is 4.89. The van der Waals surface area contributed by atoms with Crippen molar-refractivity contribution in [3.8, 4) is 11.3 Å². The van der Waals surface area contributed by atoms with Gasteiger partial charge < -0.3 is 15.3 Å². The molecule has 0 saturated carbocycles. The molecule has 0 amide bonds. The Morgan fingerprint density at radius 2 is 2.12 bits per heavy atom. The summed E-state index contributed by atoms with van der Waals surface area (Å²) in [5.41, 5.74) is 3.42. The number of H-pyrrole nitrogens is 1. The molecule has 3 aromatic heterocycles. The van der Waals surface area contributed by atoms with Crippen LogP contribution in [-0.2, 0) is 0 Å². The van der Waals surface area contributed by atoms with E-state index in [4.69, 9.17) is 10.1 Å². The molecule has 1 fully saturated rings. The number of rotatable bonds is 5. The van der Waals surface area contributed by atoms with Crippen LogP contribution >= 0.6 is 0 Å². The van der Waals surface area contributed by atoms with E-state index < -0.39 is 0 Å². The van der Waals surface area contributed by atoms with Gasteiger partial charge in [-0.25, -0.2) is 9.97 Å². The van der Waals surface area contributed by atoms with E-state index in [2.05, 4.69) is 30.4 Å². The maximum Gasteiger partial charge on any atom is 0.181 e. The Hall–Kier alpha value is -2.58. The smallest absolute Gasteiger partial charge is 0.181 e. The molecule has 1 saturated heterocycles. The summed E-state index contributed by atoms with van der Waals surface area (Å²) in [7, 11) is 0. The molecule has 0 bridgehead atoms. The number of piperidine rings is 1. The molecule has 8 nitrogen and oxygen atoms in total. The largest absolute Gasteiger partial charge is 0.395 e. The van der Waals surface area contributed by atoms with Crippen molar-refractivity contribution < 1.29 is 5.11 Å². The highest BCUT2D eigenvalue weighted by Crippen LogP contribution is 2.23. The van der Waals surface area contributed by atoms with Gasteiger partial charge >= 0.3 is 0 Å². The third kappa shape index (κ3) is 3.51. The molecule has 0 atom stereocenters. The normalized spacial score (nSPS) is 16.2. The zero-order chi connectivity index (χ0) is 17.9. The van der Waals surface area contributed by atoms with Crippen molar-refractivity contribution in [2.75, 3.05) is 31.6 Å². The number of β-amino-alcohol motifs (C(OH)–C–C–N with tert-alkyl or cyclic N) is 1. The summed E-state index contributed by atoms with van der Waals surface area (Å²) in [6.07, 6.45) is 7.37. The van der Waals surface area contributed by atoms with Crippen molar-refractivity contribution in [2.24, 2.45) is 0 Å². The van der Waals surface area contributed by atoms with Gasteiger partial charge in [-0.1, -0.05) is 0 Å². The van der Waals surface area contributed by atoms with Crippen LogP contribution in [0.3, 0.4) is 0 Å². The Balaban J connectivity index is 1.48. The molecule has 4 rings (SSSR count). The first-order valence-electron chi connectivity index (χ1n) is 8.96. The summed E-state index contributed by atoms with van der Waals surface area (Å²) in [6.45, 7) is 4.94. The Labute approximate surface area is 151 Å². The summed E-state index contributed by atoms with van der Waals surface area (Å²) < 4.78 is 0. The van der Waals surface area contributed by atoms with Gasteiger partial charge in [0.2, 0.25) is 0 Å². The van der Waals surface area contributed by atoms with E-state index in [1.165, 1.54) is 0 Å². The molecule has 1 aliphatic rings. The molecule has 136 valence electrons. The van der Waals surface area contributed by atoms with Crippen LogP contribution in [0.1, 0.15) is 18.5 Å². The highest BCUT2D eigenvalue weighted by Gasteiger charge is 2.19. The van der Waals surface area contributed by atoms with Gasteiger partial charge in [0.05, 0.1) is 24.7 Å². The number of hydrogen-bond donors (Lipinski definition) is 3. The van der Waals surface area contributed by atoms with E-state index in [-0.39, 0.29) is 6.61 Å². The number of aromatic amines is 1. The maximum atomic E-state index is 9.04. The first-order valence-corrected chi connectivity index (χ1v) is 8.96. The van der Waals surface area contributed by atoms with Gasteiger partial charge in [-0.05, 0) is 25.8 Å². The van der Waals surface area contributed by atoms with E-state index >= 15 is 0 Å². The number of likely N-dealkylation sites (tertiary alicyclic amines) is 1. The minimum atomic E-state index is 0.222. The first-order chi connectivity index (χ1) is 12.7. The summed E-state index contributed by atoms with van der Waals surface area (Å²) in [4.78, 5) is 15.7. The fraction of sp³-hybridized carbons (Fsp3) is 0.444. The summed E-state index contributed by atoms with van der Waals surface area (Å²) in [6, 6.07) is 2.42. The van der Waals surface area contributed by atoms with E-state index in [0.717, 1.165) is 60.6 Å². The van der Waals surface area contributed by atoms with Crippen LogP contribution in [0.2, 0.25) is 0 Å². The molecule has 8 heteroatoms. The fourth-order valence-electron chi connectivity index (χ4n) is 3.39. The zero-order valence-electron chi connectivity index (χ0n) is 14.8. The minimum Gasteiger partial charge on any atom is -0.395 e. The van der Waals surface area contributed by atoms with Crippen molar-refractivity contribution >= 4 is 16.9 Å². The average Bonchev–Trinajstić information content (AvgIpc) is 3.04. The maximum absolute atomic E-state index is 9.04. The lowest BCUT2D eigenvalue weighted by Gasteiger charge is -2.32. The number of nitrogens with zero attached hydrogens (tertiary/aromatic N) is 5. The lowest BCUT2D eigenvalue weighted by atomic mass is 10.1. The molecule has 0 spiro atoms. The molecule has 0 radical (unpaired) electrons. The quantitative estimate of drug-likeness (QED) is 0.640. The van der Waals surface area contributed by atoms with Gasteiger partial charge in [-0.3, -0.25) is 10.1 Å². The van der Waals surface area contributed by atoms with Crippen molar-refractivity contribution in [3.63, 3.8) is 0 Å². The fourth-order valence-corrected chi connectivity index (χ4v) is 3.39. The number of aryl methyl sites for hydroxylation is 1. The monoisotopic (exact) mass is 353 g/mol. The van der Waals surface area contributed by atoms with Crippen molar-refractivity contribution in [1.82, 2.24) is 30.0 Å². The van der Waals surface area contributed by atoms with Gasteiger partial charge in [-0.2, -0.15) is 5.10 Å². The van der Waals surface area contributed by atoms with E-state index in [1.807, 2.05) is 13.0 Å². The zero-order valence-corrected chi connectivity index (χ0v) is 14.8. The molecule has 0 aromatic carbocycles. The number of aliphatic hydroxyl groups is 1. The third-order valence-electron chi connectivity index (χ3n) is 4.89. The summed E-state index contributed by atoms with van der Waals surface area (Å²) in [5, 5.41) is 20.7. The summed E-state index contributed by atoms with van der Waals surface area (Å²) >= 11 is 0. The lowest BCUT2D eigenvalue weighted by molar-refractivity contribution is 0.168. The predicted molar refractivity (Wildman–Crippen MR) is 99.8 cm³/mol. The van der Waals surface area contributed by atoms with Crippen LogP contribution in [0, 0.1) is 6.92 Å². The molecule has 4 heterocycles.